The van der Waals surface area contributed by atoms with Crippen LogP contribution in [0.1, 0.15) is 29.8 Å². The van der Waals surface area contributed by atoms with Crippen molar-refractivity contribution in [2.24, 2.45) is 0 Å². The third kappa shape index (κ3) is 2.62. The number of thiazole rings is 1. The van der Waals surface area contributed by atoms with Crippen LogP contribution in [0, 0.1) is 6.92 Å². The van der Waals surface area contributed by atoms with Gasteiger partial charge in [0, 0.05) is 24.8 Å². The molecule has 2 aliphatic rings. The molecule has 0 bridgehead atoms. The maximum Gasteiger partial charge on any atom is 0.211 e. The number of rotatable bonds is 3. The Morgan fingerprint density at radius 2 is 1.95 bits per heavy atom. The third-order valence-electron chi connectivity index (χ3n) is 4.08. The van der Waals surface area contributed by atoms with E-state index in [1.807, 2.05) is 13.1 Å². The highest BCUT2D eigenvalue weighted by molar-refractivity contribution is 7.15. The van der Waals surface area contributed by atoms with Crippen molar-refractivity contribution in [1.82, 2.24) is 9.97 Å². The van der Waals surface area contributed by atoms with E-state index in [-0.39, 0.29) is 6.29 Å². The highest BCUT2D eigenvalue weighted by Crippen LogP contribution is 2.35. The lowest BCUT2D eigenvalue weighted by Gasteiger charge is -2.16. The highest BCUT2D eigenvalue weighted by atomic mass is 32.1. The van der Waals surface area contributed by atoms with Crippen LogP contribution in [-0.4, -0.2) is 36.3 Å². The monoisotopic (exact) mass is 317 g/mol. The van der Waals surface area contributed by atoms with E-state index in [0.29, 0.717) is 13.2 Å². The zero-order chi connectivity index (χ0) is 14.9. The Hall–Kier alpha value is -1.50. The predicted molar refractivity (Wildman–Crippen MR) is 86.2 cm³/mol. The number of pyridine rings is 1. The van der Waals surface area contributed by atoms with Gasteiger partial charge in [0.1, 0.15) is 10.8 Å². The molecule has 2 aromatic heterocycles. The second-order valence-corrected chi connectivity index (χ2v) is 6.67. The summed E-state index contributed by atoms with van der Waals surface area (Å²) >= 11 is 1.63. The summed E-state index contributed by atoms with van der Waals surface area (Å²) in [6, 6.07) is 4.25. The van der Waals surface area contributed by atoms with E-state index in [1.54, 1.807) is 11.3 Å². The van der Waals surface area contributed by atoms with E-state index < -0.39 is 0 Å². The molecule has 0 aromatic carbocycles. The van der Waals surface area contributed by atoms with Crippen molar-refractivity contribution in [3.8, 4) is 10.4 Å². The minimum absolute atomic E-state index is 0.297. The van der Waals surface area contributed by atoms with Crippen molar-refractivity contribution in [3.63, 3.8) is 0 Å². The number of anilines is 1. The normalized spacial score (nSPS) is 19.2. The molecule has 0 atom stereocenters. The van der Waals surface area contributed by atoms with E-state index >= 15 is 0 Å². The number of ether oxygens (including phenoxy) is 2. The summed E-state index contributed by atoms with van der Waals surface area (Å²) in [7, 11) is 0. The largest absolute Gasteiger partial charge is 0.357 e. The van der Waals surface area contributed by atoms with Crippen molar-refractivity contribution >= 4 is 17.2 Å². The number of aromatic nitrogens is 2. The first-order chi connectivity index (χ1) is 10.8. The van der Waals surface area contributed by atoms with Gasteiger partial charge in [-0.2, -0.15) is 0 Å². The maximum absolute atomic E-state index is 5.53. The molecule has 2 aliphatic heterocycles. The minimum Gasteiger partial charge on any atom is -0.357 e. The molecule has 2 fully saturated rings. The van der Waals surface area contributed by atoms with Crippen LogP contribution < -0.4 is 4.90 Å². The predicted octanol–water partition coefficient (Wildman–Crippen LogP) is 3.16. The molecule has 4 rings (SSSR count). The minimum atomic E-state index is -0.297. The zero-order valence-electron chi connectivity index (χ0n) is 12.6. The Balaban J connectivity index is 1.58. The maximum atomic E-state index is 5.53. The summed E-state index contributed by atoms with van der Waals surface area (Å²) in [5, 5.41) is 0.897. The van der Waals surface area contributed by atoms with Gasteiger partial charge in [-0.3, -0.25) is 0 Å². The molecule has 0 saturated carbocycles. The summed E-state index contributed by atoms with van der Waals surface area (Å²) in [5.41, 5.74) is 2.12. The van der Waals surface area contributed by atoms with Gasteiger partial charge < -0.3 is 14.4 Å². The van der Waals surface area contributed by atoms with Crippen LogP contribution in [0.4, 0.5) is 5.82 Å². The molecule has 6 heteroatoms. The average Bonchev–Trinajstić information content (AvgIpc) is 3.29. The van der Waals surface area contributed by atoms with Crippen molar-refractivity contribution in [3.05, 3.63) is 29.0 Å². The quantitative estimate of drug-likeness (QED) is 0.870. The van der Waals surface area contributed by atoms with Crippen LogP contribution in [0.5, 0.6) is 0 Å². The number of hydrogen-bond acceptors (Lipinski definition) is 6. The van der Waals surface area contributed by atoms with Crippen LogP contribution in [0.3, 0.4) is 0 Å². The lowest BCUT2D eigenvalue weighted by Crippen LogP contribution is -2.18. The van der Waals surface area contributed by atoms with Crippen molar-refractivity contribution in [1.29, 1.82) is 0 Å². The van der Waals surface area contributed by atoms with Gasteiger partial charge in [-0.05, 0) is 31.9 Å². The Labute approximate surface area is 133 Å². The second kappa shape index (κ2) is 5.95. The van der Waals surface area contributed by atoms with Gasteiger partial charge in [-0.15, -0.1) is 11.3 Å². The lowest BCUT2D eigenvalue weighted by molar-refractivity contribution is -0.0442. The van der Waals surface area contributed by atoms with Crippen molar-refractivity contribution in [2.75, 3.05) is 31.2 Å². The second-order valence-electron chi connectivity index (χ2n) is 5.64. The van der Waals surface area contributed by atoms with Crippen LogP contribution in [-0.2, 0) is 9.47 Å². The van der Waals surface area contributed by atoms with E-state index in [0.717, 1.165) is 40.0 Å². The van der Waals surface area contributed by atoms with Gasteiger partial charge in [-0.1, -0.05) is 0 Å². The van der Waals surface area contributed by atoms with Gasteiger partial charge in [0.2, 0.25) is 6.29 Å². The molecule has 2 saturated heterocycles. The molecule has 5 nitrogen and oxygen atoms in total. The van der Waals surface area contributed by atoms with Crippen LogP contribution in [0.2, 0.25) is 0 Å². The fraction of sp³-hybridized carbons (Fsp3) is 0.500. The summed E-state index contributed by atoms with van der Waals surface area (Å²) in [6.07, 6.45) is 4.19. The molecule has 0 N–H and O–H groups in total. The molecule has 4 heterocycles. The van der Waals surface area contributed by atoms with Crippen molar-refractivity contribution < 1.29 is 9.47 Å². The summed E-state index contributed by atoms with van der Waals surface area (Å²) in [6.45, 7) is 5.55. The lowest BCUT2D eigenvalue weighted by atomic mass is 10.2. The van der Waals surface area contributed by atoms with Crippen LogP contribution >= 0.6 is 11.3 Å². The molecular weight excluding hydrogens is 298 g/mol. The highest BCUT2D eigenvalue weighted by Gasteiger charge is 2.23. The fourth-order valence-electron chi connectivity index (χ4n) is 2.94. The molecule has 0 amide bonds. The number of nitrogens with zero attached hydrogens (tertiary/aromatic N) is 3. The molecule has 22 heavy (non-hydrogen) atoms. The van der Waals surface area contributed by atoms with E-state index in [1.165, 1.54) is 12.8 Å². The van der Waals surface area contributed by atoms with Gasteiger partial charge in [0.05, 0.1) is 23.8 Å². The smallest absolute Gasteiger partial charge is 0.211 e. The fourth-order valence-corrected chi connectivity index (χ4v) is 4.00. The van der Waals surface area contributed by atoms with E-state index in [4.69, 9.17) is 9.47 Å². The van der Waals surface area contributed by atoms with Gasteiger partial charge in [0.25, 0.3) is 0 Å². The zero-order valence-corrected chi connectivity index (χ0v) is 13.4. The first kappa shape index (κ1) is 14.1. The average molecular weight is 317 g/mol. The van der Waals surface area contributed by atoms with Crippen molar-refractivity contribution in [2.45, 2.75) is 26.1 Å². The molecule has 2 aromatic rings. The van der Waals surface area contributed by atoms with E-state index in [9.17, 15) is 0 Å². The van der Waals surface area contributed by atoms with Gasteiger partial charge >= 0.3 is 0 Å². The third-order valence-corrected chi connectivity index (χ3v) is 5.30. The molecular formula is C16H19N3O2S. The molecule has 0 radical (unpaired) electrons. The molecule has 0 aliphatic carbocycles. The summed E-state index contributed by atoms with van der Waals surface area (Å²) < 4.78 is 11.1. The van der Waals surface area contributed by atoms with Gasteiger partial charge in [-0.25, -0.2) is 9.97 Å². The molecule has 116 valence electrons. The van der Waals surface area contributed by atoms with Gasteiger partial charge in [0.15, 0.2) is 0 Å². The Morgan fingerprint density at radius 1 is 1.18 bits per heavy atom. The standard InChI is InChI=1S/C16H19N3O2S/c1-11-14(22-15(18-11)16-20-8-9-21-16)12-4-5-13(17-10-12)19-6-2-3-7-19/h4-5,10,16H,2-3,6-9H2,1H3. The number of aryl methyl sites for hydroxylation is 1. The summed E-state index contributed by atoms with van der Waals surface area (Å²) in [5.74, 6) is 1.08. The van der Waals surface area contributed by atoms with Crippen LogP contribution in [0.15, 0.2) is 18.3 Å². The Kier molecular flexibility index (Phi) is 3.82. The molecule has 0 spiro atoms. The first-order valence-electron chi connectivity index (χ1n) is 7.73. The molecule has 0 unspecified atom stereocenters. The topological polar surface area (TPSA) is 47.5 Å². The van der Waals surface area contributed by atoms with E-state index in [2.05, 4.69) is 27.0 Å². The Morgan fingerprint density at radius 3 is 2.64 bits per heavy atom. The first-order valence-corrected chi connectivity index (χ1v) is 8.55. The summed E-state index contributed by atoms with van der Waals surface area (Å²) in [4.78, 5) is 12.7. The SMILES string of the molecule is Cc1nc(C2OCCO2)sc1-c1ccc(N2CCCC2)nc1. The van der Waals surface area contributed by atoms with Crippen LogP contribution in [0.25, 0.3) is 10.4 Å². The Bertz CT molecular complexity index is 644. The number of hydrogen-bond donors (Lipinski definition) is 0.